The largest absolute Gasteiger partial charge is 0.459 e. The highest BCUT2D eigenvalue weighted by Gasteiger charge is 2.30. The molecule has 1 N–H and O–H groups in total. The number of hydrogen-bond donors (Lipinski definition) is 1. The van der Waals surface area contributed by atoms with Gasteiger partial charge in [-0.1, -0.05) is 48.5 Å². The van der Waals surface area contributed by atoms with E-state index in [0.717, 1.165) is 18.0 Å². The summed E-state index contributed by atoms with van der Waals surface area (Å²) in [5.74, 6) is -0.811. The second kappa shape index (κ2) is 9.72. The molecule has 0 aromatic heterocycles. The van der Waals surface area contributed by atoms with Crippen LogP contribution in [0, 0.1) is 0 Å². The Morgan fingerprint density at radius 1 is 1.06 bits per heavy atom. The van der Waals surface area contributed by atoms with Crippen molar-refractivity contribution < 1.29 is 23.9 Å². The zero-order chi connectivity index (χ0) is 21.6. The summed E-state index contributed by atoms with van der Waals surface area (Å²) < 4.78 is 11.3. The number of rotatable bonds is 7. The Hall–Kier alpha value is -3.23. The molecule has 2 aromatic carbocycles. The van der Waals surface area contributed by atoms with E-state index in [-0.39, 0.29) is 31.7 Å². The van der Waals surface area contributed by atoms with E-state index in [9.17, 15) is 14.4 Å². The number of benzene rings is 2. The third-order valence-electron chi connectivity index (χ3n) is 5.38. The number of ether oxygens (including phenoxy) is 2. The molecule has 1 unspecified atom stereocenters. The van der Waals surface area contributed by atoms with Gasteiger partial charge in [0.15, 0.2) is 0 Å². The van der Waals surface area contributed by atoms with Crippen LogP contribution in [-0.2, 0) is 27.4 Å². The average Bonchev–Trinajstić information content (AvgIpc) is 3.11. The number of nitrogens with zero attached hydrogens (tertiary/aromatic N) is 2. The van der Waals surface area contributed by atoms with Gasteiger partial charge in [0.2, 0.25) is 5.91 Å². The fourth-order valence-electron chi connectivity index (χ4n) is 3.76. The molecule has 162 valence electrons. The van der Waals surface area contributed by atoms with Crippen LogP contribution in [-0.4, -0.2) is 66.7 Å². The van der Waals surface area contributed by atoms with Gasteiger partial charge in [0.1, 0.15) is 12.7 Å². The molecule has 2 aromatic rings. The van der Waals surface area contributed by atoms with Crippen LogP contribution in [0.1, 0.15) is 21.5 Å². The molecule has 0 bridgehead atoms. The number of esters is 1. The quantitative estimate of drug-likeness (QED) is 0.540. The van der Waals surface area contributed by atoms with Gasteiger partial charge in [-0.3, -0.25) is 14.6 Å². The first-order chi connectivity index (χ1) is 15.1. The van der Waals surface area contributed by atoms with Gasteiger partial charge < -0.3 is 14.8 Å². The Kier molecular flexibility index (Phi) is 6.59. The average molecular weight is 423 g/mol. The first-order valence-electron chi connectivity index (χ1n) is 10.3. The van der Waals surface area contributed by atoms with E-state index in [2.05, 4.69) is 22.3 Å². The van der Waals surface area contributed by atoms with Crippen molar-refractivity contribution in [3.05, 3.63) is 71.3 Å². The van der Waals surface area contributed by atoms with Crippen molar-refractivity contribution in [2.45, 2.75) is 19.2 Å². The predicted molar refractivity (Wildman–Crippen MR) is 112 cm³/mol. The number of hydrogen-bond acceptors (Lipinski definition) is 6. The Labute approximate surface area is 180 Å². The van der Waals surface area contributed by atoms with Crippen LogP contribution in [0.3, 0.4) is 0 Å². The van der Waals surface area contributed by atoms with Gasteiger partial charge in [-0.25, -0.2) is 9.59 Å². The maximum Gasteiger partial charge on any atom is 0.338 e. The lowest BCUT2D eigenvalue weighted by molar-refractivity contribution is -0.125. The van der Waals surface area contributed by atoms with Crippen molar-refractivity contribution in [3.8, 4) is 0 Å². The molecule has 8 nitrogen and oxygen atoms in total. The molecule has 8 heteroatoms. The van der Waals surface area contributed by atoms with Crippen molar-refractivity contribution in [3.63, 3.8) is 0 Å². The Balaban J connectivity index is 1.33. The summed E-state index contributed by atoms with van der Waals surface area (Å²) in [6, 6.07) is 16.6. The standard InChI is InChI=1S/C23H25N3O5/c27-21-12-24-23(29)26(21)14-18-8-4-5-9-20(18)22(28)31-16-19-15-25(10-11-30-19)13-17-6-2-1-3-7-17/h1-9,19H,10-16H2,(H,24,29). The minimum absolute atomic E-state index is 0.0239. The van der Waals surface area contributed by atoms with Gasteiger partial charge in [0.05, 0.1) is 25.3 Å². The van der Waals surface area contributed by atoms with Crippen LogP contribution >= 0.6 is 0 Å². The lowest BCUT2D eigenvalue weighted by Crippen LogP contribution is -2.44. The molecule has 2 saturated heterocycles. The zero-order valence-electron chi connectivity index (χ0n) is 17.2. The normalized spacial score (nSPS) is 19.4. The molecule has 2 heterocycles. The van der Waals surface area contributed by atoms with E-state index in [4.69, 9.17) is 9.47 Å². The zero-order valence-corrected chi connectivity index (χ0v) is 17.2. The predicted octanol–water partition coefficient (Wildman–Crippen LogP) is 1.80. The Morgan fingerprint density at radius 3 is 2.61 bits per heavy atom. The molecular formula is C23H25N3O5. The summed E-state index contributed by atoms with van der Waals surface area (Å²) in [5, 5.41) is 2.48. The maximum atomic E-state index is 12.7. The highest BCUT2D eigenvalue weighted by Crippen LogP contribution is 2.16. The van der Waals surface area contributed by atoms with Crippen molar-refractivity contribution in [2.24, 2.45) is 0 Å². The summed E-state index contributed by atoms with van der Waals surface area (Å²) in [6.45, 7) is 3.05. The van der Waals surface area contributed by atoms with E-state index < -0.39 is 12.0 Å². The molecule has 2 fully saturated rings. The summed E-state index contributed by atoms with van der Waals surface area (Å²) in [7, 11) is 0. The van der Waals surface area contributed by atoms with Crippen LogP contribution < -0.4 is 5.32 Å². The summed E-state index contributed by atoms with van der Waals surface area (Å²) in [4.78, 5) is 39.8. The molecule has 2 aliphatic heterocycles. The monoisotopic (exact) mass is 423 g/mol. The summed E-state index contributed by atoms with van der Waals surface area (Å²) >= 11 is 0. The van der Waals surface area contributed by atoms with Crippen LogP contribution in [0.25, 0.3) is 0 Å². The van der Waals surface area contributed by atoms with E-state index in [1.807, 2.05) is 18.2 Å². The van der Waals surface area contributed by atoms with E-state index in [1.54, 1.807) is 24.3 Å². The molecule has 0 radical (unpaired) electrons. The summed E-state index contributed by atoms with van der Waals surface area (Å²) in [6.07, 6.45) is -0.209. The van der Waals surface area contributed by atoms with Gasteiger partial charge in [-0.05, 0) is 17.2 Å². The van der Waals surface area contributed by atoms with Crippen molar-refractivity contribution in [1.82, 2.24) is 15.1 Å². The highest BCUT2D eigenvalue weighted by atomic mass is 16.6. The van der Waals surface area contributed by atoms with Gasteiger partial charge in [-0.15, -0.1) is 0 Å². The lowest BCUT2D eigenvalue weighted by atomic mass is 10.1. The van der Waals surface area contributed by atoms with E-state index in [1.165, 1.54) is 5.56 Å². The SMILES string of the molecule is O=C(OCC1CN(Cc2ccccc2)CCO1)c1ccccc1CN1C(=O)CNC1=O. The number of imide groups is 1. The third kappa shape index (κ3) is 5.28. The fourth-order valence-corrected chi connectivity index (χ4v) is 3.76. The lowest BCUT2D eigenvalue weighted by Gasteiger charge is -2.32. The molecule has 1 atom stereocenters. The van der Waals surface area contributed by atoms with Crippen LogP contribution in [0.5, 0.6) is 0 Å². The number of amides is 3. The maximum absolute atomic E-state index is 12.7. The van der Waals surface area contributed by atoms with Gasteiger partial charge >= 0.3 is 12.0 Å². The molecule has 0 saturated carbocycles. The Bertz CT molecular complexity index is 933. The van der Waals surface area contributed by atoms with Gasteiger partial charge in [0.25, 0.3) is 0 Å². The first-order valence-corrected chi connectivity index (χ1v) is 10.3. The molecule has 2 aliphatic rings. The van der Waals surface area contributed by atoms with Crippen LogP contribution in [0.2, 0.25) is 0 Å². The van der Waals surface area contributed by atoms with Gasteiger partial charge in [0, 0.05) is 19.6 Å². The Morgan fingerprint density at radius 2 is 1.84 bits per heavy atom. The molecule has 0 aliphatic carbocycles. The highest BCUT2D eigenvalue weighted by molar-refractivity contribution is 6.02. The minimum atomic E-state index is -0.494. The smallest absolute Gasteiger partial charge is 0.338 e. The number of urea groups is 1. The number of morpholine rings is 1. The van der Waals surface area contributed by atoms with Crippen molar-refractivity contribution in [2.75, 3.05) is 32.8 Å². The number of carbonyl (C=O) groups excluding carboxylic acids is 3. The van der Waals surface area contributed by atoms with Crippen LogP contribution in [0.15, 0.2) is 54.6 Å². The van der Waals surface area contributed by atoms with Crippen molar-refractivity contribution >= 4 is 17.9 Å². The molecule has 4 rings (SSSR count). The van der Waals surface area contributed by atoms with Crippen LogP contribution in [0.4, 0.5) is 4.79 Å². The minimum Gasteiger partial charge on any atom is -0.459 e. The molecule has 0 spiro atoms. The van der Waals surface area contributed by atoms with E-state index in [0.29, 0.717) is 24.3 Å². The fraction of sp³-hybridized carbons (Fsp3) is 0.348. The molecule has 31 heavy (non-hydrogen) atoms. The second-order valence-corrected chi connectivity index (χ2v) is 7.61. The first kappa shape index (κ1) is 21.0. The number of nitrogens with one attached hydrogen (secondary N) is 1. The van der Waals surface area contributed by atoms with Gasteiger partial charge in [-0.2, -0.15) is 0 Å². The second-order valence-electron chi connectivity index (χ2n) is 7.61. The molecule has 3 amide bonds. The topological polar surface area (TPSA) is 88.2 Å². The summed E-state index contributed by atoms with van der Waals surface area (Å²) in [5.41, 5.74) is 2.13. The number of carbonyl (C=O) groups is 3. The molecular weight excluding hydrogens is 398 g/mol. The van der Waals surface area contributed by atoms with Crippen molar-refractivity contribution in [1.29, 1.82) is 0 Å². The van der Waals surface area contributed by atoms with E-state index >= 15 is 0 Å². The third-order valence-corrected chi connectivity index (χ3v) is 5.38.